The molecule has 1 amide bonds. The first kappa shape index (κ1) is 18.0. The van der Waals surface area contributed by atoms with E-state index in [0.717, 1.165) is 37.8 Å². The quantitative estimate of drug-likeness (QED) is 0.759. The number of amides is 1. The fourth-order valence-corrected chi connectivity index (χ4v) is 3.44. The van der Waals surface area contributed by atoms with Crippen LogP contribution < -0.4 is 0 Å². The largest absolute Gasteiger partial charge is 0.460 e. The van der Waals surface area contributed by atoms with E-state index in [4.69, 9.17) is 9.15 Å². The van der Waals surface area contributed by atoms with Crippen molar-refractivity contribution in [3.8, 4) is 0 Å². The van der Waals surface area contributed by atoms with Crippen molar-refractivity contribution in [1.29, 1.82) is 0 Å². The third-order valence-corrected chi connectivity index (χ3v) is 4.74. The van der Waals surface area contributed by atoms with E-state index in [0.29, 0.717) is 31.1 Å². The topological polar surface area (TPSA) is 72.6 Å². The molecule has 6 heteroatoms. The maximum Gasteiger partial charge on any atom is 0.306 e. The number of nitrogens with zero attached hydrogens (tertiary/aromatic N) is 2. The highest BCUT2D eigenvalue weighted by Crippen LogP contribution is 2.41. The zero-order valence-corrected chi connectivity index (χ0v) is 15.4. The van der Waals surface area contributed by atoms with Gasteiger partial charge < -0.3 is 14.1 Å². The Hall–Kier alpha value is -1.85. The van der Waals surface area contributed by atoms with E-state index >= 15 is 0 Å². The fourth-order valence-electron chi connectivity index (χ4n) is 3.44. The number of ether oxygens (including phenoxy) is 1. The second kappa shape index (κ2) is 7.18. The van der Waals surface area contributed by atoms with Crippen LogP contribution in [0, 0.1) is 0 Å². The van der Waals surface area contributed by atoms with Gasteiger partial charge in [0.2, 0.25) is 5.76 Å². The first-order valence-electron chi connectivity index (χ1n) is 9.31. The Kier molecular flexibility index (Phi) is 5.16. The molecule has 0 N–H and O–H groups in total. The lowest BCUT2D eigenvalue weighted by Crippen LogP contribution is -2.44. The number of hydrogen-bond donors (Lipinski definition) is 0. The van der Waals surface area contributed by atoms with Crippen molar-refractivity contribution in [2.75, 3.05) is 6.54 Å². The highest BCUT2D eigenvalue weighted by Gasteiger charge is 2.36. The van der Waals surface area contributed by atoms with Crippen molar-refractivity contribution < 1.29 is 18.7 Å². The summed E-state index contributed by atoms with van der Waals surface area (Å²) in [5.74, 6) is 0.492. The van der Waals surface area contributed by atoms with E-state index in [2.05, 4.69) is 4.98 Å². The summed E-state index contributed by atoms with van der Waals surface area (Å²) in [5.41, 5.74) is 0.333. The summed E-state index contributed by atoms with van der Waals surface area (Å²) >= 11 is 0. The molecule has 0 spiro atoms. The second-order valence-electron chi connectivity index (χ2n) is 8.11. The van der Waals surface area contributed by atoms with Crippen molar-refractivity contribution in [1.82, 2.24) is 9.88 Å². The molecule has 1 saturated heterocycles. The fraction of sp³-hybridized carbons (Fsp3) is 0.737. The SMILES string of the molecule is CC(C)(C)OC(=O)CC[C@@H]1CCCCN1C(=O)c1ocnc1C1CC1. The number of hydrogen-bond acceptors (Lipinski definition) is 5. The molecule has 1 aromatic heterocycles. The highest BCUT2D eigenvalue weighted by atomic mass is 16.6. The molecule has 1 saturated carbocycles. The van der Waals surface area contributed by atoms with Gasteiger partial charge >= 0.3 is 5.97 Å². The molecule has 0 aromatic carbocycles. The predicted octanol–water partition coefficient (Wildman–Crippen LogP) is 3.67. The Morgan fingerprint density at radius 2 is 2.04 bits per heavy atom. The Morgan fingerprint density at radius 1 is 1.28 bits per heavy atom. The first-order chi connectivity index (χ1) is 11.8. The van der Waals surface area contributed by atoms with Gasteiger partial charge in [0.15, 0.2) is 6.39 Å². The number of esters is 1. The van der Waals surface area contributed by atoms with Gasteiger partial charge in [-0.15, -0.1) is 0 Å². The molecule has 1 aliphatic heterocycles. The lowest BCUT2D eigenvalue weighted by atomic mass is 9.97. The Labute approximate surface area is 148 Å². The minimum Gasteiger partial charge on any atom is -0.460 e. The molecule has 2 heterocycles. The summed E-state index contributed by atoms with van der Waals surface area (Å²) in [6.45, 7) is 6.31. The van der Waals surface area contributed by atoms with E-state index in [-0.39, 0.29) is 17.9 Å². The molecule has 1 atom stereocenters. The van der Waals surface area contributed by atoms with E-state index in [1.54, 1.807) is 0 Å². The van der Waals surface area contributed by atoms with E-state index in [9.17, 15) is 9.59 Å². The van der Waals surface area contributed by atoms with Crippen LogP contribution in [-0.2, 0) is 9.53 Å². The number of rotatable bonds is 5. The molecule has 0 radical (unpaired) electrons. The molecular formula is C19H28N2O4. The third kappa shape index (κ3) is 4.61. The Morgan fingerprint density at radius 3 is 2.72 bits per heavy atom. The van der Waals surface area contributed by atoms with Crippen molar-refractivity contribution >= 4 is 11.9 Å². The van der Waals surface area contributed by atoms with Gasteiger partial charge in [-0.2, -0.15) is 0 Å². The molecule has 0 unspecified atom stereocenters. The average Bonchev–Trinajstić information content (AvgIpc) is 3.28. The molecule has 1 aliphatic carbocycles. The predicted molar refractivity (Wildman–Crippen MR) is 92.2 cm³/mol. The lowest BCUT2D eigenvalue weighted by molar-refractivity contribution is -0.155. The summed E-state index contributed by atoms with van der Waals surface area (Å²) < 4.78 is 10.8. The van der Waals surface area contributed by atoms with Gasteiger partial charge in [-0.05, 0) is 59.3 Å². The van der Waals surface area contributed by atoms with Crippen LogP contribution in [0.1, 0.15) is 87.9 Å². The zero-order chi connectivity index (χ0) is 18.0. The smallest absolute Gasteiger partial charge is 0.306 e. The van der Waals surface area contributed by atoms with Crippen LogP contribution in [-0.4, -0.2) is 39.9 Å². The first-order valence-corrected chi connectivity index (χ1v) is 9.31. The van der Waals surface area contributed by atoms with Gasteiger partial charge in [-0.25, -0.2) is 4.98 Å². The monoisotopic (exact) mass is 348 g/mol. The number of carbonyl (C=O) groups is 2. The van der Waals surface area contributed by atoms with Crippen LogP contribution in [0.3, 0.4) is 0 Å². The second-order valence-corrected chi connectivity index (χ2v) is 8.11. The van der Waals surface area contributed by atoms with E-state index in [1.807, 2.05) is 25.7 Å². The number of aromatic nitrogens is 1. The van der Waals surface area contributed by atoms with Gasteiger partial charge in [0.1, 0.15) is 5.60 Å². The highest BCUT2D eigenvalue weighted by molar-refractivity contribution is 5.93. The summed E-state index contributed by atoms with van der Waals surface area (Å²) in [6.07, 6.45) is 7.48. The molecule has 2 fully saturated rings. The normalized spacial score (nSPS) is 21.2. The molecule has 0 bridgehead atoms. The summed E-state index contributed by atoms with van der Waals surface area (Å²) in [7, 11) is 0. The minimum absolute atomic E-state index is 0.0610. The van der Waals surface area contributed by atoms with E-state index in [1.165, 1.54) is 6.39 Å². The number of carbonyl (C=O) groups excluding carboxylic acids is 2. The minimum atomic E-state index is -0.474. The van der Waals surface area contributed by atoms with Crippen molar-refractivity contribution in [3.63, 3.8) is 0 Å². The number of likely N-dealkylation sites (tertiary alicyclic amines) is 1. The van der Waals surface area contributed by atoms with Crippen LogP contribution in [0.5, 0.6) is 0 Å². The van der Waals surface area contributed by atoms with Crippen molar-refractivity contribution in [2.45, 2.75) is 83.3 Å². The maximum atomic E-state index is 13.0. The third-order valence-electron chi connectivity index (χ3n) is 4.74. The molecular weight excluding hydrogens is 320 g/mol. The standard InChI is InChI=1S/C19H28N2O4/c1-19(2,3)25-15(22)10-9-14-6-4-5-11-21(14)18(23)17-16(13-7-8-13)20-12-24-17/h12-14H,4-11H2,1-3H3/t14-/m0/s1. The van der Waals surface area contributed by atoms with Crippen LogP contribution in [0.4, 0.5) is 0 Å². The Bertz CT molecular complexity index is 628. The van der Waals surface area contributed by atoms with Crippen molar-refractivity contribution in [3.05, 3.63) is 17.8 Å². The summed E-state index contributed by atoms with van der Waals surface area (Å²) in [5, 5.41) is 0. The molecule has 1 aromatic rings. The van der Waals surface area contributed by atoms with Gasteiger partial charge in [0, 0.05) is 24.9 Å². The lowest BCUT2D eigenvalue weighted by Gasteiger charge is -2.35. The van der Waals surface area contributed by atoms with Gasteiger partial charge in [0.25, 0.3) is 5.91 Å². The summed E-state index contributed by atoms with van der Waals surface area (Å²) in [4.78, 5) is 31.1. The van der Waals surface area contributed by atoms with Gasteiger partial charge in [0.05, 0.1) is 5.69 Å². The molecule has 3 rings (SSSR count). The van der Waals surface area contributed by atoms with Crippen LogP contribution >= 0.6 is 0 Å². The zero-order valence-electron chi connectivity index (χ0n) is 15.4. The van der Waals surface area contributed by atoms with Gasteiger partial charge in [-0.3, -0.25) is 9.59 Å². The molecule has 138 valence electrons. The molecule has 25 heavy (non-hydrogen) atoms. The maximum absolute atomic E-state index is 13.0. The Balaban J connectivity index is 1.63. The van der Waals surface area contributed by atoms with E-state index < -0.39 is 5.60 Å². The van der Waals surface area contributed by atoms with Crippen LogP contribution in [0.25, 0.3) is 0 Å². The molecule has 6 nitrogen and oxygen atoms in total. The van der Waals surface area contributed by atoms with Crippen LogP contribution in [0.15, 0.2) is 10.8 Å². The van der Waals surface area contributed by atoms with Gasteiger partial charge in [-0.1, -0.05) is 0 Å². The molecule has 2 aliphatic rings. The number of piperidine rings is 1. The average molecular weight is 348 g/mol. The number of oxazole rings is 1. The van der Waals surface area contributed by atoms with Crippen molar-refractivity contribution in [2.24, 2.45) is 0 Å². The van der Waals surface area contributed by atoms with Crippen LogP contribution in [0.2, 0.25) is 0 Å². The summed E-state index contributed by atoms with van der Waals surface area (Å²) in [6, 6.07) is 0.0610.